The number of fused-ring (bicyclic) bond motifs is 1. The van der Waals surface area contributed by atoms with Gasteiger partial charge in [-0.05, 0) is 18.2 Å². The van der Waals surface area contributed by atoms with Crippen LogP contribution in [0.25, 0.3) is 10.9 Å². The molecule has 2 aromatic heterocycles. The van der Waals surface area contributed by atoms with Crippen molar-refractivity contribution in [3.05, 3.63) is 58.8 Å². The number of benzene rings is 1. The van der Waals surface area contributed by atoms with E-state index >= 15 is 0 Å². The first-order valence-electron chi connectivity index (χ1n) is 6.07. The molecular weight excluding hydrogens is 272 g/mol. The molecular formula is C14H10N4O3. The van der Waals surface area contributed by atoms with Gasteiger partial charge in [0, 0.05) is 11.5 Å². The van der Waals surface area contributed by atoms with Gasteiger partial charge in [0.2, 0.25) is 0 Å². The van der Waals surface area contributed by atoms with Crippen molar-refractivity contribution < 1.29 is 9.66 Å². The van der Waals surface area contributed by atoms with E-state index in [-0.39, 0.29) is 17.4 Å². The van der Waals surface area contributed by atoms with Crippen LogP contribution in [-0.2, 0) is 0 Å². The van der Waals surface area contributed by atoms with Gasteiger partial charge in [0.15, 0.2) is 0 Å². The van der Waals surface area contributed by atoms with Crippen LogP contribution in [0.15, 0.2) is 48.7 Å². The van der Waals surface area contributed by atoms with Gasteiger partial charge in [-0.2, -0.15) is 4.98 Å². The van der Waals surface area contributed by atoms with Crippen molar-refractivity contribution in [3.63, 3.8) is 0 Å². The van der Waals surface area contributed by atoms with E-state index in [1.54, 1.807) is 6.07 Å². The van der Waals surface area contributed by atoms with Crippen LogP contribution < -0.4 is 10.5 Å². The van der Waals surface area contributed by atoms with E-state index in [4.69, 9.17) is 10.5 Å². The first-order chi connectivity index (χ1) is 10.1. The normalized spacial score (nSPS) is 10.5. The molecule has 7 nitrogen and oxygen atoms in total. The molecule has 0 unspecified atom stereocenters. The summed E-state index contributed by atoms with van der Waals surface area (Å²) in [6.07, 6.45) is 1.48. The number of hydrogen-bond donors (Lipinski definition) is 1. The highest BCUT2D eigenvalue weighted by Gasteiger charge is 2.18. The second-order valence-electron chi connectivity index (χ2n) is 4.28. The van der Waals surface area contributed by atoms with Crippen LogP contribution in [0.2, 0.25) is 0 Å². The molecule has 0 atom stereocenters. The number of aromatic nitrogens is 2. The smallest absolute Gasteiger partial charge is 0.331 e. The predicted molar refractivity (Wildman–Crippen MR) is 77.1 cm³/mol. The molecule has 3 rings (SSSR count). The molecule has 0 saturated carbocycles. The lowest BCUT2D eigenvalue weighted by molar-refractivity contribution is -0.386. The Hall–Kier alpha value is -3.22. The summed E-state index contributed by atoms with van der Waals surface area (Å²) in [6.45, 7) is 0. The predicted octanol–water partition coefficient (Wildman–Crippen LogP) is 2.91. The standard InChI is InChI=1S/C14H10N4O3/c15-13-6-5-12(18(19)20)14(17-13)21-10-7-9-3-1-2-4-11(9)16-8-10/h1-8H,(H2,15,17). The van der Waals surface area contributed by atoms with Gasteiger partial charge in [-0.15, -0.1) is 0 Å². The van der Waals surface area contributed by atoms with E-state index in [2.05, 4.69) is 9.97 Å². The van der Waals surface area contributed by atoms with Gasteiger partial charge in [-0.25, -0.2) is 0 Å². The Balaban J connectivity index is 2.02. The number of hydrogen-bond acceptors (Lipinski definition) is 6. The molecule has 21 heavy (non-hydrogen) atoms. The zero-order valence-electron chi connectivity index (χ0n) is 10.8. The van der Waals surface area contributed by atoms with Gasteiger partial charge in [0.25, 0.3) is 0 Å². The third kappa shape index (κ3) is 2.57. The highest BCUT2D eigenvalue weighted by molar-refractivity contribution is 5.79. The Bertz CT molecular complexity index is 835. The fraction of sp³-hybridized carbons (Fsp3) is 0. The number of pyridine rings is 2. The molecule has 1 aromatic carbocycles. The summed E-state index contributed by atoms with van der Waals surface area (Å²) in [5, 5.41) is 11.8. The summed E-state index contributed by atoms with van der Waals surface area (Å²) >= 11 is 0. The SMILES string of the molecule is Nc1ccc([N+](=O)[O-])c(Oc2cnc3ccccc3c2)n1. The zero-order valence-corrected chi connectivity index (χ0v) is 10.8. The molecule has 0 bridgehead atoms. The maximum Gasteiger partial charge on any atom is 0.331 e. The number of nitro groups is 1. The monoisotopic (exact) mass is 282 g/mol. The molecule has 104 valence electrons. The summed E-state index contributed by atoms with van der Waals surface area (Å²) in [6, 6.07) is 11.8. The molecule has 0 spiro atoms. The molecule has 0 fully saturated rings. The molecule has 0 amide bonds. The first kappa shape index (κ1) is 12.8. The number of para-hydroxylation sites is 1. The van der Waals surface area contributed by atoms with E-state index in [1.807, 2.05) is 24.3 Å². The van der Waals surface area contributed by atoms with Gasteiger partial charge in [0.05, 0.1) is 16.6 Å². The highest BCUT2D eigenvalue weighted by Crippen LogP contribution is 2.30. The van der Waals surface area contributed by atoms with Crippen LogP contribution in [0.3, 0.4) is 0 Å². The molecule has 2 N–H and O–H groups in total. The van der Waals surface area contributed by atoms with E-state index in [0.717, 1.165) is 10.9 Å². The number of nitrogens with two attached hydrogens (primary N) is 1. The van der Waals surface area contributed by atoms with Crippen LogP contribution >= 0.6 is 0 Å². The largest absolute Gasteiger partial charge is 0.432 e. The third-order valence-electron chi connectivity index (χ3n) is 2.84. The van der Waals surface area contributed by atoms with E-state index in [1.165, 1.54) is 18.3 Å². The number of nitrogen functional groups attached to an aromatic ring is 1. The van der Waals surface area contributed by atoms with E-state index in [9.17, 15) is 10.1 Å². The summed E-state index contributed by atoms with van der Waals surface area (Å²) in [7, 11) is 0. The summed E-state index contributed by atoms with van der Waals surface area (Å²) in [5.74, 6) is 0.344. The zero-order chi connectivity index (χ0) is 14.8. The molecule has 0 saturated heterocycles. The molecule has 0 aliphatic rings. The number of anilines is 1. The minimum absolute atomic E-state index is 0.143. The molecule has 0 aliphatic carbocycles. The van der Waals surface area contributed by atoms with Crippen LogP contribution in [-0.4, -0.2) is 14.9 Å². The molecule has 7 heteroatoms. The topological polar surface area (TPSA) is 104 Å². The van der Waals surface area contributed by atoms with Gasteiger partial charge >= 0.3 is 11.6 Å². The lowest BCUT2D eigenvalue weighted by Gasteiger charge is -2.06. The van der Waals surface area contributed by atoms with Crippen LogP contribution in [0.1, 0.15) is 0 Å². The quantitative estimate of drug-likeness (QED) is 0.585. The Labute approximate surface area is 119 Å². The van der Waals surface area contributed by atoms with E-state index in [0.29, 0.717) is 5.75 Å². The van der Waals surface area contributed by atoms with Crippen LogP contribution in [0.5, 0.6) is 11.6 Å². The number of ether oxygens (including phenoxy) is 1. The summed E-state index contributed by atoms with van der Waals surface area (Å²) in [5.41, 5.74) is 6.10. The average molecular weight is 282 g/mol. The minimum Gasteiger partial charge on any atom is -0.432 e. The first-order valence-corrected chi connectivity index (χ1v) is 6.07. The maximum atomic E-state index is 11.0. The fourth-order valence-electron chi connectivity index (χ4n) is 1.88. The lowest BCUT2D eigenvalue weighted by atomic mass is 10.2. The number of nitrogens with zero attached hydrogens (tertiary/aromatic N) is 3. The summed E-state index contributed by atoms with van der Waals surface area (Å²) < 4.78 is 5.46. The maximum absolute atomic E-state index is 11.0. The van der Waals surface area contributed by atoms with Crippen molar-refractivity contribution in [2.24, 2.45) is 0 Å². The van der Waals surface area contributed by atoms with E-state index < -0.39 is 4.92 Å². The minimum atomic E-state index is -0.573. The molecule has 2 heterocycles. The van der Waals surface area contributed by atoms with Gasteiger partial charge in [-0.3, -0.25) is 15.1 Å². The number of rotatable bonds is 3. The molecule has 3 aromatic rings. The Morgan fingerprint density at radius 1 is 1.19 bits per heavy atom. The average Bonchev–Trinajstić information content (AvgIpc) is 2.47. The highest BCUT2D eigenvalue weighted by atomic mass is 16.6. The lowest BCUT2D eigenvalue weighted by Crippen LogP contribution is -1.99. The van der Waals surface area contributed by atoms with Gasteiger partial charge in [-0.1, -0.05) is 18.2 Å². The fourth-order valence-corrected chi connectivity index (χ4v) is 1.88. The molecule has 0 aliphatic heterocycles. The van der Waals surface area contributed by atoms with Crippen molar-refractivity contribution >= 4 is 22.4 Å². The third-order valence-corrected chi connectivity index (χ3v) is 2.84. The molecule has 0 radical (unpaired) electrons. The second kappa shape index (κ2) is 5.04. The van der Waals surface area contributed by atoms with Crippen molar-refractivity contribution in [1.29, 1.82) is 0 Å². The Kier molecular flexibility index (Phi) is 3.07. The van der Waals surface area contributed by atoms with Crippen molar-refractivity contribution in [2.75, 3.05) is 5.73 Å². The Morgan fingerprint density at radius 2 is 2.00 bits per heavy atom. The summed E-state index contributed by atoms with van der Waals surface area (Å²) in [4.78, 5) is 18.5. The van der Waals surface area contributed by atoms with Gasteiger partial charge < -0.3 is 10.5 Å². The van der Waals surface area contributed by atoms with Crippen LogP contribution in [0.4, 0.5) is 11.5 Å². The van der Waals surface area contributed by atoms with Crippen LogP contribution in [0, 0.1) is 10.1 Å². The van der Waals surface area contributed by atoms with Crippen molar-refractivity contribution in [2.45, 2.75) is 0 Å². The van der Waals surface area contributed by atoms with Crippen molar-refractivity contribution in [1.82, 2.24) is 9.97 Å². The Morgan fingerprint density at radius 3 is 2.81 bits per heavy atom. The van der Waals surface area contributed by atoms with Crippen molar-refractivity contribution in [3.8, 4) is 11.6 Å². The second-order valence-corrected chi connectivity index (χ2v) is 4.28. The van der Waals surface area contributed by atoms with Gasteiger partial charge in [0.1, 0.15) is 11.6 Å².